The summed E-state index contributed by atoms with van der Waals surface area (Å²) in [6.45, 7) is 3.94. The Hall–Kier alpha value is -0.730. The van der Waals surface area contributed by atoms with Gasteiger partial charge in [0.2, 0.25) is 0 Å². The Labute approximate surface area is 79.5 Å². The number of carbonyl (C=O) groups is 1. The molecule has 2 rings (SSSR count). The van der Waals surface area contributed by atoms with Crippen LogP contribution in [0.1, 0.15) is 39.0 Å². The standard InChI is InChI=1S/C10H18N2O/c1-2-7-12-9(13)11-8-10(12)5-3-4-6-10/h2-8H2,1H3,(H,11,13). The first-order valence-corrected chi connectivity index (χ1v) is 5.34. The van der Waals surface area contributed by atoms with E-state index in [2.05, 4.69) is 17.1 Å². The monoisotopic (exact) mass is 182 g/mol. The van der Waals surface area contributed by atoms with E-state index in [1.807, 2.05) is 0 Å². The van der Waals surface area contributed by atoms with Crippen LogP contribution >= 0.6 is 0 Å². The molecule has 1 N–H and O–H groups in total. The van der Waals surface area contributed by atoms with Crippen molar-refractivity contribution in [3.05, 3.63) is 0 Å². The van der Waals surface area contributed by atoms with Crippen LogP contribution in [0.25, 0.3) is 0 Å². The van der Waals surface area contributed by atoms with Crippen molar-refractivity contribution < 1.29 is 4.79 Å². The minimum absolute atomic E-state index is 0.156. The fourth-order valence-corrected chi connectivity index (χ4v) is 2.69. The molecule has 1 aliphatic carbocycles. The molecule has 1 heterocycles. The molecule has 0 aromatic heterocycles. The Balaban J connectivity index is 2.13. The van der Waals surface area contributed by atoms with Gasteiger partial charge in [0.05, 0.1) is 5.54 Å². The molecule has 1 spiro atoms. The molecule has 2 amide bonds. The molecule has 3 heteroatoms. The molecular weight excluding hydrogens is 164 g/mol. The second-order valence-electron chi connectivity index (χ2n) is 4.24. The SMILES string of the molecule is CCCN1C(=O)NCC12CCCC2. The van der Waals surface area contributed by atoms with Crippen molar-refractivity contribution in [2.75, 3.05) is 13.1 Å². The molecular formula is C10H18N2O. The fraction of sp³-hybridized carbons (Fsp3) is 0.900. The van der Waals surface area contributed by atoms with Gasteiger partial charge in [0, 0.05) is 13.1 Å². The zero-order chi connectivity index (χ0) is 9.31. The molecule has 0 aromatic rings. The predicted molar refractivity (Wildman–Crippen MR) is 51.6 cm³/mol. The average Bonchev–Trinajstić information content (AvgIpc) is 2.69. The van der Waals surface area contributed by atoms with E-state index in [1.54, 1.807) is 0 Å². The third-order valence-electron chi connectivity index (χ3n) is 3.37. The van der Waals surface area contributed by atoms with Gasteiger partial charge in [-0.15, -0.1) is 0 Å². The van der Waals surface area contributed by atoms with Crippen molar-refractivity contribution in [1.82, 2.24) is 10.2 Å². The summed E-state index contributed by atoms with van der Waals surface area (Å²) in [7, 11) is 0. The summed E-state index contributed by atoms with van der Waals surface area (Å²) in [5.74, 6) is 0. The van der Waals surface area contributed by atoms with Gasteiger partial charge in [0.25, 0.3) is 0 Å². The van der Waals surface area contributed by atoms with Crippen LogP contribution < -0.4 is 5.32 Å². The van der Waals surface area contributed by atoms with E-state index >= 15 is 0 Å². The molecule has 0 aromatic carbocycles. The van der Waals surface area contributed by atoms with Gasteiger partial charge in [-0.2, -0.15) is 0 Å². The Morgan fingerprint density at radius 3 is 2.77 bits per heavy atom. The van der Waals surface area contributed by atoms with Crippen molar-refractivity contribution in [2.45, 2.75) is 44.6 Å². The third kappa shape index (κ3) is 1.30. The van der Waals surface area contributed by atoms with Gasteiger partial charge in [-0.1, -0.05) is 19.8 Å². The summed E-state index contributed by atoms with van der Waals surface area (Å²) < 4.78 is 0. The maximum atomic E-state index is 11.5. The highest BCUT2D eigenvalue weighted by atomic mass is 16.2. The number of nitrogens with one attached hydrogen (secondary N) is 1. The molecule has 0 unspecified atom stereocenters. The highest BCUT2D eigenvalue weighted by molar-refractivity contribution is 5.78. The smallest absolute Gasteiger partial charge is 0.318 e. The number of rotatable bonds is 2. The molecule has 0 radical (unpaired) electrons. The third-order valence-corrected chi connectivity index (χ3v) is 3.37. The van der Waals surface area contributed by atoms with Gasteiger partial charge in [-0.3, -0.25) is 0 Å². The van der Waals surface area contributed by atoms with Crippen LogP contribution in [-0.2, 0) is 0 Å². The maximum absolute atomic E-state index is 11.5. The molecule has 13 heavy (non-hydrogen) atoms. The number of amides is 2. The van der Waals surface area contributed by atoms with Gasteiger partial charge >= 0.3 is 6.03 Å². The lowest BCUT2D eigenvalue weighted by Gasteiger charge is -2.32. The first kappa shape index (κ1) is 8.85. The van der Waals surface area contributed by atoms with Crippen LogP contribution in [0, 0.1) is 0 Å². The fourth-order valence-electron chi connectivity index (χ4n) is 2.69. The van der Waals surface area contributed by atoms with E-state index < -0.39 is 0 Å². The van der Waals surface area contributed by atoms with Gasteiger partial charge in [-0.25, -0.2) is 4.79 Å². The number of hydrogen-bond donors (Lipinski definition) is 1. The number of nitrogens with zero attached hydrogens (tertiary/aromatic N) is 1. The second-order valence-corrected chi connectivity index (χ2v) is 4.24. The van der Waals surface area contributed by atoms with E-state index in [1.165, 1.54) is 25.7 Å². The summed E-state index contributed by atoms with van der Waals surface area (Å²) in [6.07, 6.45) is 6.04. The minimum Gasteiger partial charge on any atom is -0.336 e. The van der Waals surface area contributed by atoms with Crippen molar-refractivity contribution in [2.24, 2.45) is 0 Å². The molecule has 2 aliphatic rings. The number of urea groups is 1. The quantitative estimate of drug-likeness (QED) is 0.693. The summed E-state index contributed by atoms with van der Waals surface area (Å²) in [4.78, 5) is 13.6. The summed E-state index contributed by atoms with van der Waals surface area (Å²) >= 11 is 0. The minimum atomic E-state index is 0.156. The van der Waals surface area contributed by atoms with Crippen LogP contribution in [0.3, 0.4) is 0 Å². The van der Waals surface area contributed by atoms with Crippen LogP contribution in [0.15, 0.2) is 0 Å². The van der Waals surface area contributed by atoms with E-state index in [4.69, 9.17) is 0 Å². The molecule has 1 saturated carbocycles. The lowest BCUT2D eigenvalue weighted by atomic mass is 9.97. The topological polar surface area (TPSA) is 32.3 Å². The van der Waals surface area contributed by atoms with Crippen LogP contribution in [-0.4, -0.2) is 29.6 Å². The van der Waals surface area contributed by atoms with E-state index in [0.717, 1.165) is 19.5 Å². The molecule has 0 atom stereocenters. The summed E-state index contributed by atoms with van der Waals surface area (Å²) in [5.41, 5.74) is 0.201. The Kier molecular flexibility index (Phi) is 2.18. The van der Waals surface area contributed by atoms with Crippen molar-refractivity contribution in [3.63, 3.8) is 0 Å². The Bertz CT molecular complexity index is 209. The average molecular weight is 182 g/mol. The van der Waals surface area contributed by atoms with Crippen molar-refractivity contribution >= 4 is 6.03 Å². The van der Waals surface area contributed by atoms with E-state index in [-0.39, 0.29) is 11.6 Å². The van der Waals surface area contributed by atoms with Crippen LogP contribution in [0.2, 0.25) is 0 Å². The van der Waals surface area contributed by atoms with Crippen molar-refractivity contribution in [3.8, 4) is 0 Å². The van der Waals surface area contributed by atoms with E-state index in [0.29, 0.717) is 0 Å². The van der Waals surface area contributed by atoms with Gasteiger partial charge in [0.1, 0.15) is 0 Å². The molecule has 2 fully saturated rings. The predicted octanol–water partition coefficient (Wildman–Crippen LogP) is 1.73. The van der Waals surface area contributed by atoms with Gasteiger partial charge < -0.3 is 10.2 Å². The molecule has 1 saturated heterocycles. The molecule has 3 nitrogen and oxygen atoms in total. The van der Waals surface area contributed by atoms with Crippen LogP contribution in [0.5, 0.6) is 0 Å². The highest BCUT2D eigenvalue weighted by Gasteiger charge is 2.46. The second kappa shape index (κ2) is 3.20. The highest BCUT2D eigenvalue weighted by Crippen LogP contribution is 2.37. The van der Waals surface area contributed by atoms with Crippen molar-refractivity contribution in [1.29, 1.82) is 0 Å². The zero-order valence-electron chi connectivity index (χ0n) is 8.31. The van der Waals surface area contributed by atoms with Crippen LogP contribution in [0.4, 0.5) is 4.79 Å². The first-order valence-electron chi connectivity index (χ1n) is 5.34. The van der Waals surface area contributed by atoms with E-state index in [9.17, 15) is 4.79 Å². The normalized spacial score (nSPS) is 25.6. The first-order chi connectivity index (χ1) is 6.28. The number of carbonyl (C=O) groups excluding carboxylic acids is 1. The van der Waals surface area contributed by atoms with Gasteiger partial charge in [0.15, 0.2) is 0 Å². The Morgan fingerprint density at radius 2 is 2.15 bits per heavy atom. The molecule has 1 aliphatic heterocycles. The lowest BCUT2D eigenvalue weighted by Crippen LogP contribution is -2.45. The largest absolute Gasteiger partial charge is 0.336 e. The molecule has 0 bridgehead atoms. The maximum Gasteiger partial charge on any atom is 0.318 e. The lowest BCUT2D eigenvalue weighted by molar-refractivity contribution is 0.159. The number of hydrogen-bond acceptors (Lipinski definition) is 1. The molecule has 74 valence electrons. The van der Waals surface area contributed by atoms with Gasteiger partial charge in [-0.05, 0) is 19.3 Å². The Morgan fingerprint density at radius 1 is 1.46 bits per heavy atom. The zero-order valence-corrected chi connectivity index (χ0v) is 8.31. The summed E-state index contributed by atoms with van der Waals surface area (Å²) in [6, 6.07) is 0.156. The summed E-state index contributed by atoms with van der Waals surface area (Å²) in [5, 5.41) is 2.97.